The summed E-state index contributed by atoms with van der Waals surface area (Å²) >= 11 is 6.21. The molecule has 1 fully saturated rings. The van der Waals surface area contributed by atoms with Crippen LogP contribution in [0, 0.1) is 0 Å². The lowest BCUT2D eigenvalue weighted by molar-refractivity contribution is 0.0939. The maximum Gasteiger partial charge on any atom is 0.251 e. The lowest BCUT2D eigenvalue weighted by Gasteiger charge is -2.36. The van der Waals surface area contributed by atoms with E-state index in [1.165, 1.54) is 0 Å². The summed E-state index contributed by atoms with van der Waals surface area (Å²) in [7, 11) is 1.69. The van der Waals surface area contributed by atoms with Crippen LogP contribution < -0.4 is 15.0 Å². The largest absolute Gasteiger partial charge is 0.495 e. The summed E-state index contributed by atoms with van der Waals surface area (Å²) in [4.78, 5) is 17.5. The maximum absolute atomic E-state index is 12.8. The Kier molecular flexibility index (Phi) is 7.53. The molecule has 3 aromatic carbocycles. The van der Waals surface area contributed by atoms with E-state index < -0.39 is 0 Å². The summed E-state index contributed by atoms with van der Waals surface area (Å²) in [5, 5.41) is 3.81. The molecular weight excluding hydrogens is 434 g/mol. The van der Waals surface area contributed by atoms with Crippen LogP contribution in [0.2, 0.25) is 5.02 Å². The van der Waals surface area contributed by atoms with E-state index in [1.54, 1.807) is 7.11 Å². The molecule has 3 aromatic rings. The smallest absolute Gasteiger partial charge is 0.251 e. The molecule has 1 N–H and O–H groups in total. The normalized spacial score (nSPS) is 15.2. The molecule has 1 aliphatic rings. The number of hydrogen-bond donors (Lipinski definition) is 1. The van der Waals surface area contributed by atoms with Crippen molar-refractivity contribution in [3.63, 3.8) is 0 Å². The molecule has 0 aromatic heterocycles. The molecule has 1 saturated heterocycles. The Morgan fingerprint density at radius 3 is 2.48 bits per heavy atom. The number of rotatable bonds is 7. The molecule has 6 heteroatoms. The SMILES string of the molecule is COc1ccc(Cl)cc1N1CCN(Cc2cccc(C(=O)NC(C)c3ccccc3)c2)CC1. The molecule has 0 saturated carbocycles. The lowest BCUT2D eigenvalue weighted by Crippen LogP contribution is -2.46. The van der Waals surface area contributed by atoms with E-state index in [4.69, 9.17) is 16.3 Å². The second kappa shape index (κ2) is 10.7. The fourth-order valence-corrected chi connectivity index (χ4v) is 4.40. The van der Waals surface area contributed by atoms with E-state index in [2.05, 4.69) is 21.2 Å². The topological polar surface area (TPSA) is 44.8 Å². The Bertz CT molecular complexity index is 1080. The van der Waals surface area contributed by atoms with Gasteiger partial charge in [-0.25, -0.2) is 0 Å². The third-order valence-electron chi connectivity index (χ3n) is 6.10. The summed E-state index contributed by atoms with van der Waals surface area (Å²) in [6.07, 6.45) is 0. The average Bonchev–Trinajstić information content (AvgIpc) is 2.85. The lowest BCUT2D eigenvalue weighted by atomic mass is 10.1. The Hall–Kier alpha value is -3.02. The van der Waals surface area contributed by atoms with Crippen LogP contribution in [0.5, 0.6) is 5.75 Å². The third-order valence-corrected chi connectivity index (χ3v) is 6.33. The molecule has 0 spiro atoms. The zero-order valence-electron chi connectivity index (χ0n) is 19.1. The fourth-order valence-electron chi connectivity index (χ4n) is 4.23. The van der Waals surface area contributed by atoms with Crippen molar-refractivity contribution < 1.29 is 9.53 Å². The van der Waals surface area contributed by atoms with Gasteiger partial charge in [0.05, 0.1) is 18.8 Å². The Balaban J connectivity index is 1.35. The van der Waals surface area contributed by atoms with E-state index >= 15 is 0 Å². The first-order chi connectivity index (χ1) is 16.0. The van der Waals surface area contributed by atoms with Gasteiger partial charge < -0.3 is 15.0 Å². The second-order valence-corrected chi connectivity index (χ2v) is 8.82. The number of piperazine rings is 1. The molecule has 1 unspecified atom stereocenters. The highest BCUT2D eigenvalue weighted by atomic mass is 35.5. The van der Waals surface area contributed by atoms with Crippen LogP contribution >= 0.6 is 11.6 Å². The van der Waals surface area contributed by atoms with Gasteiger partial charge in [0.25, 0.3) is 5.91 Å². The van der Waals surface area contributed by atoms with Gasteiger partial charge in [-0.2, -0.15) is 0 Å². The number of nitrogens with zero attached hydrogens (tertiary/aromatic N) is 2. The van der Waals surface area contributed by atoms with Crippen molar-refractivity contribution >= 4 is 23.2 Å². The van der Waals surface area contributed by atoms with Gasteiger partial charge in [0.1, 0.15) is 5.75 Å². The van der Waals surface area contributed by atoms with E-state index in [1.807, 2.05) is 73.7 Å². The van der Waals surface area contributed by atoms with E-state index in [-0.39, 0.29) is 11.9 Å². The van der Waals surface area contributed by atoms with Crippen molar-refractivity contribution in [3.05, 3.63) is 94.5 Å². The Labute approximate surface area is 200 Å². The molecule has 33 heavy (non-hydrogen) atoms. The van der Waals surface area contributed by atoms with Gasteiger partial charge in [0.2, 0.25) is 0 Å². The van der Waals surface area contributed by atoms with E-state index in [9.17, 15) is 4.79 Å². The highest BCUT2D eigenvalue weighted by molar-refractivity contribution is 6.30. The number of methoxy groups -OCH3 is 1. The number of halogens is 1. The zero-order chi connectivity index (χ0) is 23.2. The summed E-state index contributed by atoms with van der Waals surface area (Å²) in [6.45, 7) is 6.46. The summed E-state index contributed by atoms with van der Waals surface area (Å²) in [6, 6.07) is 23.6. The van der Waals surface area contributed by atoms with Crippen LogP contribution in [0.1, 0.15) is 34.5 Å². The molecular formula is C27H30ClN3O2. The number of nitrogens with one attached hydrogen (secondary N) is 1. The van der Waals surface area contributed by atoms with Crippen molar-refractivity contribution in [1.29, 1.82) is 0 Å². The zero-order valence-corrected chi connectivity index (χ0v) is 19.9. The van der Waals surface area contributed by atoms with Crippen LogP contribution in [0.25, 0.3) is 0 Å². The molecule has 172 valence electrons. The molecule has 1 heterocycles. The summed E-state index contributed by atoms with van der Waals surface area (Å²) in [5.41, 5.74) is 3.97. The predicted molar refractivity (Wildman–Crippen MR) is 134 cm³/mol. The molecule has 1 amide bonds. The van der Waals surface area contributed by atoms with Gasteiger partial charge in [-0.3, -0.25) is 9.69 Å². The number of carbonyl (C=O) groups excluding carboxylic acids is 1. The molecule has 0 radical (unpaired) electrons. The molecule has 4 rings (SSSR count). The minimum Gasteiger partial charge on any atom is -0.495 e. The highest BCUT2D eigenvalue weighted by Gasteiger charge is 2.20. The minimum absolute atomic E-state index is 0.0427. The minimum atomic E-state index is -0.0499. The maximum atomic E-state index is 12.8. The standard InChI is InChI=1S/C27H30ClN3O2/c1-20(22-8-4-3-5-9-22)29-27(32)23-10-6-7-21(17-23)19-30-13-15-31(16-14-30)25-18-24(28)11-12-26(25)33-2/h3-12,17-18,20H,13-16,19H2,1-2H3,(H,29,32). The number of amides is 1. The Morgan fingerprint density at radius 2 is 1.76 bits per heavy atom. The molecule has 0 bridgehead atoms. The van der Waals surface area contributed by atoms with Crippen molar-refractivity contribution in [2.24, 2.45) is 0 Å². The summed E-state index contributed by atoms with van der Waals surface area (Å²) < 4.78 is 5.52. The number of hydrogen-bond acceptors (Lipinski definition) is 4. The van der Waals surface area contributed by atoms with Gasteiger partial charge >= 0.3 is 0 Å². The molecule has 1 atom stereocenters. The van der Waals surface area contributed by atoms with Gasteiger partial charge in [-0.1, -0.05) is 54.1 Å². The van der Waals surface area contributed by atoms with Gasteiger partial charge in [-0.05, 0) is 48.4 Å². The Morgan fingerprint density at radius 1 is 1.00 bits per heavy atom. The van der Waals surface area contributed by atoms with Gasteiger partial charge in [0, 0.05) is 43.3 Å². The monoisotopic (exact) mass is 463 g/mol. The number of ether oxygens (including phenoxy) is 1. The predicted octanol–water partition coefficient (Wildman–Crippen LogP) is 5.16. The van der Waals surface area contributed by atoms with Crippen molar-refractivity contribution in [3.8, 4) is 5.75 Å². The first kappa shape index (κ1) is 23.1. The van der Waals surface area contributed by atoms with Crippen molar-refractivity contribution in [2.45, 2.75) is 19.5 Å². The first-order valence-corrected chi connectivity index (χ1v) is 11.7. The molecule has 5 nitrogen and oxygen atoms in total. The number of carbonyl (C=O) groups is 1. The second-order valence-electron chi connectivity index (χ2n) is 8.39. The first-order valence-electron chi connectivity index (χ1n) is 11.3. The molecule has 1 aliphatic heterocycles. The van der Waals surface area contributed by atoms with Crippen LogP contribution in [-0.2, 0) is 6.54 Å². The van der Waals surface area contributed by atoms with Gasteiger partial charge in [-0.15, -0.1) is 0 Å². The van der Waals surface area contributed by atoms with E-state index in [0.29, 0.717) is 10.6 Å². The van der Waals surface area contributed by atoms with Crippen LogP contribution in [0.15, 0.2) is 72.8 Å². The average molecular weight is 464 g/mol. The van der Waals surface area contributed by atoms with Gasteiger partial charge in [0.15, 0.2) is 0 Å². The quantitative estimate of drug-likeness (QED) is 0.525. The van der Waals surface area contributed by atoms with Crippen LogP contribution in [0.4, 0.5) is 5.69 Å². The van der Waals surface area contributed by atoms with Crippen molar-refractivity contribution in [2.75, 3.05) is 38.2 Å². The molecule has 0 aliphatic carbocycles. The summed E-state index contributed by atoms with van der Waals surface area (Å²) in [5.74, 6) is 0.794. The number of benzene rings is 3. The van der Waals surface area contributed by atoms with E-state index in [0.717, 1.165) is 55.3 Å². The van der Waals surface area contributed by atoms with Crippen LogP contribution in [-0.4, -0.2) is 44.1 Å². The highest BCUT2D eigenvalue weighted by Crippen LogP contribution is 2.32. The number of anilines is 1. The van der Waals surface area contributed by atoms with Crippen LogP contribution in [0.3, 0.4) is 0 Å². The fraction of sp³-hybridized carbons (Fsp3) is 0.296. The third kappa shape index (κ3) is 5.86. The van der Waals surface area contributed by atoms with Crippen molar-refractivity contribution in [1.82, 2.24) is 10.2 Å².